The molecule has 0 radical (unpaired) electrons. The Morgan fingerprint density at radius 3 is 2.55 bits per heavy atom. The van der Waals surface area contributed by atoms with Crippen LogP contribution in [0.2, 0.25) is 0 Å². The van der Waals surface area contributed by atoms with E-state index in [1.54, 1.807) is 0 Å². The van der Waals surface area contributed by atoms with Crippen molar-refractivity contribution in [3.8, 4) is 0 Å². The van der Waals surface area contributed by atoms with Crippen LogP contribution in [0, 0.1) is 6.92 Å². The fraction of sp³-hybridized carbons (Fsp3) is 0.400. The second kappa shape index (κ2) is 8.85. The van der Waals surface area contributed by atoms with E-state index >= 15 is 0 Å². The van der Waals surface area contributed by atoms with Crippen LogP contribution in [0.4, 0.5) is 0 Å². The molecule has 0 bridgehead atoms. The van der Waals surface area contributed by atoms with Crippen molar-refractivity contribution in [1.82, 2.24) is 0 Å². The molecule has 22 heavy (non-hydrogen) atoms. The van der Waals surface area contributed by atoms with E-state index in [0.29, 0.717) is 5.75 Å². The first-order valence-electron chi connectivity index (χ1n) is 6.82. The fourth-order valence-corrected chi connectivity index (χ4v) is 3.20. The van der Waals surface area contributed by atoms with Crippen molar-refractivity contribution in [2.45, 2.75) is 31.6 Å². The number of nitrogens with zero attached hydrogens (tertiary/aromatic N) is 1. The van der Waals surface area contributed by atoms with Crippen LogP contribution in [-0.2, 0) is 23.6 Å². The molecule has 0 heterocycles. The Morgan fingerprint density at radius 2 is 2.00 bits per heavy atom. The average Bonchev–Trinajstić information content (AvgIpc) is 2.50. The van der Waals surface area contributed by atoms with E-state index in [2.05, 4.69) is 15.8 Å². The zero-order valence-electron chi connectivity index (χ0n) is 13.0. The van der Waals surface area contributed by atoms with Gasteiger partial charge in [0.2, 0.25) is 5.04 Å². The smallest absolute Gasteiger partial charge is 0.367 e. The Morgan fingerprint density at radius 1 is 1.36 bits per heavy atom. The van der Waals surface area contributed by atoms with Gasteiger partial charge in [-0.25, -0.2) is 9.00 Å². The van der Waals surface area contributed by atoms with Crippen LogP contribution in [0.15, 0.2) is 34.3 Å². The molecule has 0 amide bonds. The summed E-state index contributed by atoms with van der Waals surface area (Å²) >= 11 is 1.09. The maximum atomic E-state index is 12.1. The highest BCUT2D eigenvalue weighted by Crippen LogP contribution is 2.21. The minimum Gasteiger partial charge on any atom is -0.464 e. The van der Waals surface area contributed by atoms with Gasteiger partial charge < -0.3 is 9.02 Å². The first-order valence-corrected chi connectivity index (χ1v) is 9.46. The van der Waals surface area contributed by atoms with Gasteiger partial charge in [0.05, 0.1) is 12.9 Å². The van der Waals surface area contributed by atoms with Crippen molar-refractivity contribution in [2.75, 3.05) is 12.9 Å². The predicted molar refractivity (Wildman–Crippen MR) is 92.6 cm³/mol. The first kappa shape index (κ1) is 18.6. The number of methoxy groups -OCH3 is 1. The van der Waals surface area contributed by atoms with Gasteiger partial charge in [-0.2, -0.15) is 0 Å². The lowest BCUT2D eigenvalue weighted by Gasteiger charge is -2.08. The van der Waals surface area contributed by atoms with Crippen LogP contribution in [0.5, 0.6) is 0 Å². The summed E-state index contributed by atoms with van der Waals surface area (Å²) in [6, 6.07) is 7.56. The van der Waals surface area contributed by atoms with E-state index in [1.165, 1.54) is 7.11 Å². The third kappa shape index (κ3) is 6.53. The van der Waals surface area contributed by atoms with Gasteiger partial charge in [0.15, 0.2) is 0 Å². The SMILES string of the molecule is C=S(=O)(CCCC)O/N=C(\Sc1ccc(C)cc1)C(=O)OC. The molecule has 0 spiro atoms. The summed E-state index contributed by atoms with van der Waals surface area (Å²) in [5.41, 5.74) is 1.11. The molecule has 0 saturated carbocycles. The summed E-state index contributed by atoms with van der Waals surface area (Å²) in [5, 5.41) is 3.69. The Labute approximate surface area is 136 Å². The van der Waals surface area contributed by atoms with Crippen molar-refractivity contribution in [1.29, 1.82) is 0 Å². The second-order valence-corrected chi connectivity index (χ2v) is 7.79. The Balaban J connectivity index is 2.86. The lowest BCUT2D eigenvalue weighted by Crippen LogP contribution is -2.15. The quantitative estimate of drug-likeness (QED) is 0.198. The highest BCUT2D eigenvalue weighted by Gasteiger charge is 2.16. The standard InChI is InChI=1S/C15H21NO4S2/c1-5-6-11-22(4,18)20-16-14(15(17)19-3)21-13-9-7-12(2)8-10-13/h7-10H,4-6,11H2,1-3H3/b16-14-. The molecule has 1 rings (SSSR count). The molecule has 0 N–H and O–H groups in total. The number of hydrogen-bond donors (Lipinski definition) is 0. The molecular formula is C15H21NO4S2. The number of aryl methyl sites for hydroxylation is 1. The van der Waals surface area contributed by atoms with Crippen LogP contribution in [0.25, 0.3) is 0 Å². The fourth-order valence-electron chi connectivity index (χ4n) is 1.41. The van der Waals surface area contributed by atoms with E-state index in [0.717, 1.165) is 35.1 Å². The zero-order chi connectivity index (χ0) is 16.6. The maximum Gasteiger partial charge on any atom is 0.367 e. The van der Waals surface area contributed by atoms with Crippen molar-refractivity contribution in [3.63, 3.8) is 0 Å². The lowest BCUT2D eigenvalue weighted by atomic mass is 10.2. The van der Waals surface area contributed by atoms with Gasteiger partial charge in [0, 0.05) is 4.90 Å². The molecular weight excluding hydrogens is 322 g/mol. The number of esters is 1. The highest BCUT2D eigenvalue weighted by molar-refractivity contribution is 8.15. The number of oxime groups is 1. The highest BCUT2D eigenvalue weighted by atomic mass is 32.2. The number of rotatable bonds is 6. The number of hydrogen-bond acceptors (Lipinski definition) is 6. The van der Waals surface area contributed by atoms with Crippen molar-refractivity contribution < 1.29 is 18.0 Å². The van der Waals surface area contributed by atoms with Gasteiger partial charge in [-0.05, 0) is 31.3 Å². The Hall–Kier alpha value is -1.47. The lowest BCUT2D eigenvalue weighted by molar-refractivity contribution is -0.132. The van der Waals surface area contributed by atoms with Gasteiger partial charge in [-0.1, -0.05) is 48.0 Å². The van der Waals surface area contributed by atoms with E-state index < -0.39 is 15.8 Å². The molecule has 1 aromatic carbocycles. The molecule has 122 valence electrons. The molecule has 0 fully saturated rings. The molecule has 0 saturated heterocycles. The molecule has 0 aromatic heterocycles. The van der Waals surface area contributed by atoms with E-state index in [1.807, 2.05) is 38.1 Å². The first-order chi connectivity index (χ1) is 10.4. The number of carbonyl (C=O) groups is 1. The zero-order valence-corrected chi connectivity index (χ0v) is 14.7. The van der Waals surface area contributed by atoms with Crippen LogP contribution >= 0.6 is 11.8 Å². The average molecular weight is 343 g/mol. The molecule has 0 aliphatic rings. The molecule has 1 aromatic rings. The predicted octanol–water partition coefficient (Wildman–Crippen LogP) is 3.02. The van der Waals surface area contributed by atoms with Crippen molar-refractivity contribution >= 4 is 38.4 Å². The Kier molecular flexibility index (Phi) is 7.47. The summed E-state index contributed by atoms with van der Waals surface area (Å²) in [7, 11) is -1.53. The molecule has 7 heteroatoms. The number of thioether (sulfide) groups is 1. The van der Waals surface area contributed by atoms with E-state index in [9.17, 15) is 9.00 Å². The summed E-state index contributed by atoms with van der Waals surface area (Å²) in [4.78, 5) is 12.6. The van der Waals surface area contributed by atoms with Crippen molar-refractivity contribution in [3.05, 3.63) is 29.8 Å². The largest absolute Gasteiger partial charge is 0.464 e. The van der Waals surface area contributed by atoms with Crippen LogP contribution in [-0.4, -0.2) is 34.0 Å². The topological polar surface area (TPSA) is 65.0 Å². The number of benzene rings is 1. The molecule has 0 aliphatic carbocycles. The minimum absolute atomic E-state index is 0.0146. The summed E-state index contributed by atoms with van der Waals surface area (Å²) in [5.74, 6) is 3.18. The molecule has 5 nitrogen and oxygen atoms in total. The Bertz CT molecular complexity index is 621. The van der Waals surface area contributed by atoms with E-state index in [4.69, 9.17) is 4.28 Å². The van der Waals surface area contributed by atoms with E-state index in [-0.39, 0.29) is 5.04 Å². The van der Waals surface area contributed by atoms with Gasteiger partial charge in [0.1, 0.15) is 9.80 Å². The van der Waals surface area contributed by atoms with Crippen LogP contribution < -0.4 is 0 Å². The summed E-state index contributed by atoms with van der Waals surface area (Å²) in [6.45, 7) is 3.95. The minimum atomic E-state index is -2.79. The van der Waals surface area contributed by atoms with Crippen LogP contribution in [0.3, 0.4) is 0 Å². The third-order valence-electron chi connectivity index (χ3n) is 2.66. The second-order valence-electron chi connectivity index (χ2n) is 4.68. The third-order valence-corrected chi connectivity index (χ3v) is 4.86. The number of unbranched alkanes of at least 4 members (excludes halogenated alkanes) is 1. The maximum absolute atomic E-state index is 12.1. The summed E-state index contributed by atoms with van der Waals surface area (Å²) in [6.07, 6.45) is 1.60. The van der Waals surface area contributed by atoms with Gasteiger partial charge >= 0.3 is 5.97 Å². The number of carbonyl (C=O) groups excluding carboxylic acids is 1. The van der Waals surface area contributed by atoms with Gasteiger partial charge in [0.25, 0.3) is 0 Å². The van der Waals surface area contributed by atoms with Crippen molar-refractivity contribution in [2.24, 2.45) is 5.16 Å². The number of ether oxygens (including phenoxy) is 1. The van der Waals surface area contributed by atoms with Crippen LogP contribution in [0.1, 0.15) is 25.3 Å². The van der Waals surface area contributed by atoms with Gasteiger partial charge in [-0.15, -0.1) is 0 Å². The normalized spacial score (nSPS) is 14.2. The molecule has 0 aliphatic heterocycles. The monoisotopic (exact) mass is 343 g/mol. The molecule has 1 atom stereocenters. The van der Waals surface area contributed by atoms with Gasteiger partial charge in [-0.3, -0.25) is 0 Å². The summed E-state index contributed by atoms with van der Waals surface area (Å²) < 4.78 is 21.7. The molecule has 1 unspecified atom stereocenters.